The highest BCUT2D eigenvalue weighted by Crippen LogP contribution is 2.40. The summed E-state index contributed by atoms with van der Waals surface area (Å²) in [6.45, 7) is 4.56. The molecule has 5 heterocycles. The molecule has 2 saturated heterocycles. The third-order valence-corrected chi connectivity index (χ3v) is 7.98. The fraction of sp³-hybridized carbons (Fsp3) is 0.556. The minimum atomic E-state index is -1.32. The molecular weight excluding hydrogens is 447 g/mol. The van der Waals surface area contributed by atoms with Crippen LogP contribution in [0, 0.1) is 5.92 Å². The molecule has 1 aliphatic carbocycles. The lowest BCUT2D eigenvalue weighted by Crippen LogP contribution is -2.32. The van der Waals surface area contributed by atoms with E-state index in [2.05, 4.69) is 20.9 Å². The lowest BCUT2D eigenvalue weighted by Gasteiger charge is -2.30. The Balaban J connectivity index is 1.24. The average molecular weight is 479 g/mol. The number of Topliss-reactive ketones (excluding diaryl/α,β-unsaturated/α-hetero) is 1. The Morgan fingerprint density at radius 3 is 2.80 bits per heavy atom. The molecule has 2 fully saturated rings. The lowest BCUT2D eigenvalue weighted by atomic mass is 9.91. The summed E-state index contributed by atoms with van der Waals surface area (Å²) < 4.78 is 19.6. The van der Waals surface area contributed by atoms with Gasteiger partial charge in [0, 0.05) is 49.8 Å². The molecule has 35 heavy (non-hydrogen) atoms. The third kappa shape index (κ3) is 4.22. The summed E-state index contributed by atoms with van der Waals surface area (Å²) in [5, 5.41) is 0. The number of carbonyl (C=O) groups excluding carboxylic acids is 2. The average Bonchev–Trinajstić information content (AvgIpc) is 3.35. The number of ether oxygens (including phenoxy) is 1. The predicted octanol–water partition coefficient (Wildman–Crippen LogP) is 4.23. The predicted molar refractivity (Wildman–Crippen MR) is 129 cm³/mol. The number of rotatable bonds is 5. The van der Waals surface area contributed by atoms with E-state index in [1.54, 1.807) is 24.2 Å². The van der Waals surface area contributed by atoms with E-state index in [0.717, 1.165) is 73.8 Å². The summed E-state index contributed by atoms with van der Waals surface area (Å²) in [4.78, 5) is 38.5. The van der Waals surface area contributed by atoms with Crippen molar-refractivity contribution in [2.45, 2.75) is 57.0 Å². The molecule has 2 aromatic heterocycles. The van der Waals surface area contributed by atoms with Crippen LogP contribution >= 0.6 is 0 Å². The first kappa shape index (κ1) is 22.6. The van der Waals surface area contributed by atoms with Crippen LogP contribution in [0.4, 0.5) is 16.0 Å². The van der Waals surface area contributed by atoms with Crippen molar-refractivity contribution >= 4 is 23.3 Å². The molecule has 184 valence electrons. The smallest absolute Gasteiger partial charge is 0.255 e. The van der Waals surface area contributed by atoms with Gasteiger partial charge in [0.25, 0.3) is 5.91 Å². The SMILES string of the molecule is CC1(F)CCN(C(=O)c2cnc3c(c2)CCCN3c2cc3c(cn2)C(=O)CC3CCC2COC2)C1. The van der Waals surface area contributed by atoms with Gasteiger partial charge in [0.15, 0.2) is 5.78 Å². The van der Waals surface area contributed by atoms with Crippen LogP contribution in [0.1, 0.15) is 76.8 Å². The summed E-state index contributed by atoms with van der Waals surface area (Å²) in [7, 11) is 0. The first-order chi connectivity index (χ1) is 16.9. The molecule has 0 aromatic carbocycles. The number of aryl methyl sites for hydroxylation is 1. The molecule has 8 heteroatoms. The number of ketones is 1. The van der Waals surface area contributed by atoms with E-state index in [-0.39, 0.29) is 24.2 Å². The van der Waals surface area contributed by atoms with E-state index in [9.17, 15) is 14.0 Å². The number of halogens is 1. The topological polar surface area (TPSA) is 75.6 Å². The van der Waals surface area contributed by atoms with Crippen molar-refractivity contribution in [1.82, 2.24) is 14.9 Å². The molecule has 0 radical (unpaired) electrons. The molecule has 4 aliphatic rings. The maximum absolute atomic E-state index is 14.3. The van der Waals surface area contributed by atoms with Crippen LogP contribution < -0.4 is 4.90 Å². The zero-order chi connectivity index (χ0) is 24.2. The normalized spacial score (nSPS) is 26.0. The lowest BCUT2D eigenvalue weighted by molar-refractivity contribution is -0.0368. The molecule has 6 rings (SSSR count). The van der Waals surface area contributed by atoms with Crippen molar-refractivity contribution in [3.05, 3.63) is 46.8 Å². The number of amides is 1. The van der Waals surface area contributed by atoms with Gasteiger partial charge in [-0.25, -0.2) is 14.4 Å². The van der Waals surface area contributed by atoms with E-state index >= 15 is 0 Å². The second-order valence-electron chi connectivity index (χ2n) is 10.8. The zero-order valence-electron chi connectivity index (χ0n) is 20.1. The monoisotopic (exact) mass is 478 g/mol. The quantitative estimate of drug-likeness (QED) is 0.640. The van der Waals surface area contributed by atoms with Crippen LogP contribution in [-0.4, -0.2) is 65.1 Å². The van der Waals surface area contributed by atoms with Crippen molar-refractivity contribution in [2.24, 2.45) is 5.92 Å². The van der Waals surface area contributed by atoms with E-state index in [0.29, 0.717) is 30.9 Å². The number of hydrogen-bond donors (Lipinski definition) is 0. The Labute approximate surface area is 204 Å². The molecule has 0 saturated carbocycles. The molecule has 2 atom stereocenters. The van der Waals surface area contributed by atoms with E-state index in [4.69, 9.17) is 4.74 Å². The Kier molecular flexibility index (Phi) is 5.59. The molecular formula is C27H31FN4O3. The van der Waals surface area contributed by atoms with Gasteiger partial charge in [-0.1, -0.05) is 0 Å². The molecule has 0 spiro atoms. The molecule has 1 amide bonds. The Bertz CT molecular complexity index is 1180. The maximum Gasteiger partial charge on any atom is 0.255 e. The molecule has 3 aliphatic heterocycles. The Morgan fingerprint density at radius 2 is 2.06 bits per heavy atom. The molecule has 2 unspecified atom stereocenters. The minimum absolute atomic E-state index is 0.127. The number of likely N-dealkylation sites (tertiary alicyclic amines) is 1. The summed E-state index contributed by atoms with van der Waals surface area (Å²) in [5.41, 5.74) is 2.04. The van der Waals surface area contributed by atoms with Gasteiger partial charge in [0.1, 0.15) is 17.3 Å². The van der Waals surface area contributed by atoms with Crippen molar-refractivity contribution in [2.75, 3.05) is 37.7 Å². The van der Waals surface area contributed by atoms with Gasteiger partial charge in [0.05, 0.1) is 25.3 Å². The van der Waals surface area contributed by atoms with E-state index < -0.39 is 5.67 Å². The van der Waals surface area contributed by atoms with Crippen molar-refractivity contribution in [3.63, 3.8) is 0 Å². The second-order valence-corrected chi connectivity index (χ2v) is 10.8. The van der Waals surface area contributed by atoms with Crippen LogP contribution in [0.5, 0.6) is 0 Å². The van der Waals surface area contributed by atoms with E-state index in [1.165, 1.54) is 0 Å². The van der Waals surface area contributed by atoms with Crippen LogP contribution in [0.3, 0.4) is 0 Å². The Morgan fingerprint density at radius 1 is 1.20 bits per heavy atom. The van der Waals surface area contributed by atoms with Crippen molar-refractivity contribution in [3.8, 4) is 0 Å². The molecule has 0 N–H and O–H groups in total. The number of pyridine rings is 2. The highest BCUT2D eigenvalue weighted by atomic mass is 19.1. The minimum Gasteiger partial charge on any atom is -0.381 e. The largest absolute Gasteiger partial charge is 0.381 e. The summed E-state index contributed by atoms with van der Waals surface area (Å²) in [6, 6.07) is 3.98. The molecule has 2 aromatic rings. The molecule has 7 nitrogen and oxygen atoms in total. The van der Waals surface area contributed by atoms with Crippen molar-refractivity contribution in [1.29, 1.82) is 0 Å². The standard InChI is InChI=1S/C27H31FN4O3/c1-27(28)6-8-31(16-27)26(34)20-9-19-3-2-7-32(25(19)30-12-20)24-11-21-18(5-4-17-14-35-15-17)10-23(33)22(21)13-29-24/h9,11-13,17-18H,2-8,10,14-16H2,1H3. The van der Waals surface area contributed by atoms with Crippen LogP contribution in [0.15, 0.2) is 24.5 Å². The van der Waals surface area contributed by atoms with Crippen LogP contribution in [0.25, 0.3) is 0 Å². The first-order valence-electron chi connectivity index (χ1n) is 12.7. The van der Waals surface area contributed by atoms with Gasteiger partial charge < -0.3 is 14.5 Å². The number of fused-ring (bicyclic) bond motifs is 2. The van der Waals surface area contributed by atoms with Crippen molar-refractivity contribution < 1.29 is 18.7 Å². The fourth-order valence-electron chi connectivity index (χ4n) is 5.85. The van der Waals surface area contributed by atoms with Gasteiger partial charge in [-0.05, 0) is 61.8 Å². The van der Waals surface area contributed by atoms with Gasteiger partial charge >= 0.3 is 0 Å². The number of carbonyl (C=O) groups is 2. The summed E-state index contributed by atoms with van der Waals surface area (Å²) in [5.74, 6) is 2.48. The fourth-order valence-corrected chi connectivity index (χ4v) is 5.85. The number of alkyl halides is 1. The van der Waals surface area contributed by atoms with Crippen LogP contribution in [-0.2, 0) is 11.2 Å². The summed E-state index contributed by atoms with van der Waals surface area (Å²) >= 11 is 0. The van der Waals surface area contributed by atoms with Crippen LogP contribution in [0.2, 0.25) is 0 Å². The first-order valence-corrected chi connectivity index (χ1v) is 12.7. The maximum atomic E-state index is 14.3. The van der Waals surface area contributed by atoms with Gasteiger partial charge in [-0.3, -0.25) is 9.59 Å². The van der Waals surface area contributed by atoms with Gasteiger partial charge in [-0.2, -0.15) is 0 Å². The molecule has 0 bridgehead atoms. The number of aromatic nitrogens is 2. The van der Waals surface area contributed by atoms with E-state index in [1.807, 2.05) is 6.07 Å². The highest BCUT2D eigenvalue weighted by Gasteiger charge is 2.37. The van der Waals surface area contributed by atoms with Gasteiger partial charge in [0.2, 0.25) is 0 Å². The second kappa shape index (κ2) is 8.66. The zero-order valence-corrected chi connectivity index (χ0v) is 20.1. The number of nitrogens with zero attached hydrogens (tertiary/aromatic N) is 4. The number of hydrogen-bond acceptors (Lipinski definition) is 6. The Hall–Kier alpha value is -2.87. The highest BCUT2D eigenvalue weighted by molar-refractivity contribution is 6.01. The summed E-state index contributed by atoms with van der Waals surface area (Å²) in [6.07, 6.45) is 8.08. The van der Waals surface area contributed by atoms with Gasteiger partial charge in [-0.15, -0.1) is 0 Å². The number of anilines is 2. The third-order valence-electron chi connectivity index (χ3n) is 7.98.